The molecule has 0 saturated carbocycles. The molecule has 1 aliphatic heterocycles. The molecule has 0 spiro atoms. The van der Waals surface area contributed by atoms with Gasteiger partial charge in [-0.15, -0.1) is 0 Å². The zero-order valence-electron chi connectivity index (χ0n) is 31.0. The average molecular weight is 709 g/mol. The second kappa shape index (κ2) is 15.3. The molecule has 0 saturated heterocycles. The lowest BCUT2D eigenvalue weighted by Crippen LogP contribution is -2.44. The van der Waals surface area contributed by atoms with Crippen LogP contribution in [0.15, 0.2) is 84.9 Å². The van der Waals surface area contributed by atoms with Crippen molar-refractivity contribution >= 4 is 32.1 Å². The molecule has 268 valence electrons. The Labute approximate surface area is 302 Å². The van der Waals surface area contributed by atoms with E-state index in [-0.39, 0.29) is 41.4 Å². The Balaban J connectivity index is 1.65. The normalized spacial score (nSPS) is 13.9. The van der Waals surface area contributed by atoms with Gasteiger partial charge < -0.3 is 18.6 Å². The van der Waals surface area contributed by atoms with Crippen LogP contribution in [0.5, 0.6) is 0 Å². The molecule has 4 aromatic rings. The molecule has 0 radical (unpaired) electrons. The van der Waals surface area contributed by atoms with E-state index in [1.54, 1.807) is 18.2 Å². The predicted molar refractivity (Wildman–Crippen MR) is 203 cm³/mol. The summed E-state index contributed by atoms with van der Waals surface area (Å²) in [7, 11) is -1.01. The molecule has 2 heterocycles. The number of hydrogen-bond acceptors (Lipinski definition) is 5. The van der Waals surface area contributed by atoms with Gasteiger partial charge in [-0.2, -0.15) is 0 Å². The third kappa shape index (κ3) is 8.32. The maximum atomic E-state index is 14.8. The van der Waals surface area contributed by atoms with Gasteiger partial charge in [0, 0.05) is 36.7 Å². The SMILES string of the molecule is COC(=O)C[C@H](CC(=O)/C=C/c1c(-c2ccc(F)cc2)c(-c2ccccc2)c(C(=O)N2Cc3ccccc3C2)n1C(C)C)O[Si](C)(C)C(C)(C)C. The number of aromatic nitrogens is 1. The summed E-state index contributed by atoms with van der Waals surface area (Å²) in [5.74, 6) is -1.18. The van der Waals surface area contributed by atoms with Crippen LogP contribution < -0.4 is 0 Å². The highest BCUT2D eigenvalue weighted by Gasteiger charge is 2.40. The predicted octanol–water partition coefficient (Wildman–Crippen LogP) is 9.62. The van der Waals surface area contributed by atoms with Crippen LogP contribution in [0.1, 0.15) is 80.8 Å². The Morgan fingerprint density at radius 3 is 1.96 bits per heavy atom. The van der Waals surface area contributed by atoms with Gasteiger partial charge in [0.1, 0.15) is 11.5 Å². The van der Waals surface area contributed by atoms with Gasteiger partial charge in [0.2, 0.25) is 0 Å². The lowest BCUT2D eigenvalue weighted by molar-refractivity contribution is -0.142. The van der Waals surface area contributed by atoms with Crippen LogP contribution in [-0.4, -0.2) is 48.7 Å². The Morgan fingerprint density at radius 2 is 1.41 bits per heavy atom. The first-order chi connectivity index (χ1) is 24.1. The highest BCUT2D eigenvalue weighted by atomic mass is 28.4. The largest absolute Gasteiger partial charge is 0.469 e. The van der Waals surface area contributed by atoms with Crippen LogP contribution in [0, 0.1) is 5.82 Å². The van der Waals surface area contributed by atoms with Gasteiger partial charge in [0.25, 0.3) is 5.91 Å². The second-order valence-electron chi connectivity index (χ2n) is 15.0. The topological polar surface area (TPSA) is 77.8 Å². The quantitative estimate of drug-likeness (QED) is 0.0832. The van der Waals surface area contributed by atoms with E-state index < -0.39 is 20.4 Å². The van der Waals surface area contributed by atoms with Crippen molar-refractivity contribution in [3.8, 4) is 22.3 Å². The van der Waals surface area contributed by atoms with Crippen molar-refractivity contribution in [2.75, 3.05) is 7.11 Å². The summed E-state index contributed by atoms with van der Waals surface area (Å²) in [4.78, 5) is 42.9. The summed E-state index contributed by atoms with van der Waals surface area (Å²) < 4.78 is 27.8. The summed E-state index contributed by atoms with van der Waals surface area (Å²) in [5, 5.41) is -0.129. The van der Waals surface area contributed by atoms with Crippen LogP contribution in [0.4, 0.5) is 4.39 Å². The first-order valence-corrected chi connectivity index (χ1v) is 20.4. The highest BCUT2D eigenvalue weighted by Crippen LogP contribution is 2.44. The van der Waals surface area contributed by atoms with Crippen molar-refractivity contribution in [1.82, 2.24) is 9.47 Å². The van der Waals surface area contributed by atoms with Gasteiger partial charge in [-0.25, -0.2) is 4.39 Å². The standard InChI is InChI=1S/C42H49FN2O5Si/c1-28(2)45-36(23-22-34(46)24-35(25-37(47)49-6)50-51(7,8)42(3,4)5)38(30-18-20-33(43)21-19-30)39(29-14-10-9-11-15-29)40(45)41(48)44-26-31-16-12-13-17-32(31)27-44/h9-23,28,35H,24-27H2,1-8H3/b23-22+/t35-/m0/s1. The Hall–Kier alpha value is -4.60. The van der Waals surface area contributed by atoms with E-state index in [0.29, 0.717) is 35.6 Å². The minimum absolute atomic E-state index is 0.0181. The lowest BCUT2D eigenvalue weighted by atomic mass is 9.94. The van der Waals surface area contributed by atoms with Crippen molar-refractivity contribution in [3.63, 3.8) is 0 Å². The van der Waals surface area contributed by atoms with Gasteiger partial charge in [-0.3, -0.25) is 14.4 Å². The number of benzene rings is 3. The molecule has 0 bridgehead atoms. The molecular formula is C42H49FN2O5Si. The zero-order chi connectivity index (χ0) is 37.1. The van der Waals surface area contributed by atoms with Crippen LogP contribution >= 0.6 is 0 Å². The fourth-order valence-electron chi connectivity index (χ4n) is 6.42. The van der Waals surface area contributed by atoms with Crippen molar-refractivity contribution in [2.45, 2.75) is 90.8 Å². The molecule has 51 heavy (non-hydrogen) atoms. The Bertz CT molecular complexity index is 1900. The average Bonchev–Trinajstić information content (AvgIpc) is 3.67. The molecule has 0 fully saturated rings. The summed E-state index contributed by atoms with van der Waals surface area (Å²) in [6.45, 7) is 15.5. The fourth-order valence-corrected chi connectivity index (χ4v) is 7.78. The monoisotopic (exact) mass is 708 g/mol. The third-order valence-electron chi connectivity index (χ3n) is 10.0. The minimum atomic E-state index is -2.33. The highest BCUT2D eigenvalue weighted by molar-refractivity contribution is 6.74. The summed E-state index contributed by atoms with van der Waals surface area (Å²) in [5.41, 5.74) is 6.36. The molecule has 1 atom stereocenters. The fraction of sp³-hybridized carbons (Fsp3) is 0.357. The lowest BCUT2D eigenvalue weighted by Gasteiger charge is -2.39. The molecule has 7 nitrogen and oxygen atoms in total. The Kier molecular flexibility index (Phi) is 11.3. The molecule has 1 aromatic heterocycles. The van der Waals surface area contributed by atoms with E-state index in [1.165, 1.54) is 25.3 Å². The third-order valence-corrected chi connectivity index (χ3v) is 14.6. The number of ether oxygens (including phenoxy) is 1. The van der Waals surface area contributed by atoms with Crippen molar-refractivity contribution in [3.05, 3.63) is 113 Å². The number of nitrogens with zero attached hydrogens (tertiary/aromatic N) is 2. The van der Waals surface area contributed by atoms with E-state index in [4.69, 9.17) is 9.16 Å². The maximum absolute atomic E-state index is 14.8. The number of ketones is 1. The number of rotatable bonds is 12. The summed E-state index contributed by atoms with van der Waals surface area (Å²) in [6, 6.07) is 23.8. The molecular weight excluding hydrogens is 660 g/mol. The van der Waals surface area contributed by atoms with E-state index >= 15 is 0 Å². The van der Waals surface area contributed by atoms with Gasteiger partial charge in [0.15, 0.2) is 14.1 Å². The van der Waals surface area contributed by atoms with E-state index in [1.807, 2.05) is 77.9 Å². The van der Waals surface area contributed by atoms with E-state index in [0.717, 1.165) is 22.3 Å². The van der Waals surface area contributed by atoms with Crippen molar-refractivity contribution in [2.24, 2.45) is 0 Å². The molecule has 0 unspecified atom stereocenters. The number of esters is 1. The van der Waals surface area contributed by atoms with Gasteiger partial charge >= 0.3 is 5.97 Å². The molecule has 1 aliphatic rings. The van der Waals surface area contributed by atoms with Crippen LogP contribution in [0.3, 0.4) is 0 Å². The number of fused-ring (bicyclic) bond motifs is 1. The van der Waals surface area contributed by atoms with E-state index in [9.17, 15) is 18.8 Å². The smallest absolute Gasteiger partial charge is 0.308 e. The number of carbonyl (C=O) groups excluding carboxylic acids is 3. The Morgan fingerprint density at radius 1 is 0.843 bits per heavy atom. The first kappa shape index (κ1) is 37.6. The zero-order valence-corrected chi connectivity index (χ0v) is 32.0. The molecule has 9 heteroatoms. The van der Waals surface area contributed by atoms with E-state index in [2.05, 4.69) is 33.9 Å². The van der Waals surface area contributed by atoms with Crippen LogP contribution in [0.2, 0.25) is 18.1 Å². The van der Waals surface area contributed by atoms with Crippen molar-refractivity contribution < 1.29 is 27.9 Å². The number of methoxy groups -OCH3 is 1. The minimum Gasteiger partial charge on any atom is -0.469 e. The van der Waals surface area contributed by atoms with Gasteiger partial charge in [-0.05, 0) is 78.5 Å². The number of allylic oxidation sites excluding steroid dienone is 1. The number of amides is 1. The van der Waals surface area contributed by atoms with Crippen molar-refractivity contribution in [1.29, 1.82) is 0 Å². The number of halogens is 1. The van der Waals surface area contributed by atoms with Crippen LogP contribution in [0.25, 0.3) is 28.3 Å². The number of carbonyl (C=O) groups is 3. The van der Waals surface area contributed by atoms with Gasteiger partial charge in [0.05, 0.1) is 25.3 Å². The molecule has 5 rings (SSSR count). The summed E-state index contributed by atoms with van der Waals surface area (Å²) >= 11 is 0. The first-order valence-electron chi connectivity index (χ1n) is 17.5. The molecule has 0 N–H and O–H groups in total. The molecule has 1 amide bonds. The summed E-state index contributed by atoms with van der Waals surface area (Å²) in [6.07, 6.45) is 2.55. The molecule has 0 aliphatic carbocycles. The second-order valence-corrected chi connectivity index (χ2v) is 19.8. The van der Waals surface area contributed by atoms with Gasteiger partial charge in [-0.1, -0.05) is 87.5 Å². The van der Waals surface area contributed by atoms with Crippen LogP contribution in [-0.2, 0) is 31.8 Å². The molecule has 3 aromatic carbocycles. The number of hydrogen-bond donors (Lipinski definition) is 0. The maximum Gasteiger partial charge on any atom is 0.308 e.